The quantitative estimate of drug-likeness (QED) is 0.456. The Kier molecular flexibility index (Phi) is 9.59. The Morgan fingerprint density at radius 2 is 1.64 bits per heavy atom. The summed E-state index contributed by atoms with van der Waals surface area (Å²) in [5, 5.41) is 2.01. The number of hydrogen-bond donors (Lipinski definition) is 1. The van der Waals surface area contributed by atoms with Gasteiger partial charge >= 0.3 is 6.41 Å². The summed E-state index contributed by atoms with van der Waals surface area (Å²) in [6.07, 6.45) is 10.1. The fourth-order valence-corrected chi connectivity index (χ4v) is 1.36. The first-order valence-electron chi connectivity index (χ1n) is 5.47. The van der Waals surface area contributed by atoms with Gasteiger partial charge in [-0.2, -0.15) is 0 Å². The van der Waals surface area contributed by atoms with E-state index in [1.54, 1.807) is 0 Å². The number of rotatable bonds is 9. The zero-order valence-electron chi connectivity index (χ0n) is 8.97. The molecule has 3 heteroatoms. The summed E-state index contributed by atoms with van der Waals surface area (Å²) in [5.74, 6) is -0.214. The second-order valence-electron chi connectivity index (χ2n) is 3.52. The fourth-order valence-electron chi connectivity index (χ4n) is 1.36. The maximum Gasteiger partial charge on any atom is 0.316 e. The number of nitrogens with one attached hydrogen (secondary N) is 1. The molecule has 0 saturated carbocycles. The van der Waals surface area contributed by atoms with Crippen molar-refractivity contribution in [2.75, 3.05) is 0 Å². The molecule has 0 unspecified atom stereocenters. The number of carbonyl (C=O) groups excluding carboxylic acids is 2. The van der Waals surface area contributed by atoms with Crippen molar-refractivity contribution in [2.24, 2.45) is 0 Å². The van der Waals surface area contributed by atoms with Crippen LogP contribution in [-0.4, -0.2) is 12.3 Å². The molecule has 14 heavy (non-hydrogen) atoms. The SMILES string of the molecule is CCCCCCCCCC(=O)N[C]=O. The number of amides is 2. The summed E-state index contributed by atoms with van der Waals surface area (Å²) in [6.45, 7) is 2.19. The van der Waals surface area contributed by atoms with E-state index >= 15 is 0 Å². The van der Waals surface area contributed by atoms with Gasteiger partial charge in [-0.05, 0) is 6.42 Å². The lowest BCUT2D eigenvalue weighted by Crippen LogP contribution is -2.20. The number of unbranched alkanes of at least 4 members (excludes halogenated alkanes) is 6. The lowest BCUT2D eigenvalue weighted by atomic mass is 10.1. The highest BCUT2D eigenvalue weighted by Gasteiger charge is 1.98. The van der Waals surface area contributed by atoms with Gasteiger partial charge in [0.1, 0.15) is 0 Å². The fraction of sp³-hybridized carbons (Fsp3) is 0.818. The molecule has 81 valence electrons. The molecule has 0 aliphatic carbocycles. The zero-order valence-corrected chi connectivity index (χ0v) is 8.97. The summed E-state index contributed by atoms with van der Waals surface area (Å²) >= 11 is 0. The van der Waals surface area contributed by atoms with Crippen LogP contribution in [0.5, 0.6) is 0 Å². The maximum atomic E-state index is 10.8. The summed E-state index contributed by atoms with van der Waals surface area (Å²) in [4.78, 5) is 20.6. The Hall–Kier alpha value is -0.860. The van der Waals surface area contributed by atoms with Gasteiger partial charge in [-0.3, -0.25) is 14.9 Å². The van der Waals surface area contributed by atoms with Crippen LogP contribution in [0.1, 0.15) is 58.3 Å². The first-order chi connectivity index (χ1) is 6.81. The standard InChI is InChI=1S/C11H20NO2/c1-2-3-4-5-6-7-8-9-11(14)12-10-13/h2-9H2,1H3,(H,12,13,14). The highest BCUT2D eigenvalue weighted by molar-refractivity contribution is 5.85. The van der Waals surface area contributed by atoms with Crippen LogP contribution >= 0.6 is 0 Å². The number of carbonyl (C=O) groups is 1. The Morgan fingerprint density at radius 3 is 2.21 bits per heavy atom. The second kappa shape index (κ2) is 10.2. The van der Waals surface area contributed by atoms with E-state index in [0.717, 1.165) is 12.8 Å². The molecule has 3 nitrogen and oxygen atoms in total. The first kappa shape index (κ1) is 13.1. The minimum Gasteiger partial charge on any atom is -0.288 e. The molecule has 0 aromatic heterocycles. The van der Waals surface area contributed by atoms with Crippen molar-refractivity contribution < 1.29 is 9.59 Å². The Balaban J connectivity index is 3.05. The molecule has 0 atom stereocenters. The lowest BCUT2D eigenvalue weighted by molar-refractivity contribution is -0.119. The average Bonchev–Trinajstić information content (AvgIpc) is 2.17. The van der Waals surface area contributed by atoms with Gasteiger partial charge in [-0.1, -0.05) is 45.4 Å². The molecule has 2 amide bonds. The smallest absolute Gasteiger partial charge is 0.288 e. The molecule has 1 radical (unpaired) electrons. The van der Waals surface area contributed by atoms with E-state index in [-0.39, 0.29) is 5.91 Å². The second-order valence-corrected chi connectivity index (χ2v) is 3.52. The van der Waals surface area contributed by atoms with Crippen molar-refractivity contribution in [3.8, 4) is 0 Å². The molecule has 0 spiro atoms. The van der Waals surface area contributed by atoms with E-state index in [4.69, 9.17) is 0 Å². The normalized spacial score (nSPS) is 9.79. The van der Waals surface area contributed by atoms with Crippen molar-refractivity contribution >= 4 is 12.3 Å². The molecule has 0 saturated heterocycles. The minimum atomic E-state index is -0.214. The predicted octanol–water partition coefficient (Wildman–Crippen LogP) is 2.31. The van der Waals surface area contributed by atoms with E-state index in [1.807, 2.05) is 5.32 Å². The van der Waals surface area contributed by atoms with Gasteiger partial charge in [0.25, 0.3) is 0 Å². The molecule has 0 fully saturated rings. The Bertz CT molecular complexity index is 157. The van der Waals surface area contributed by atoms with Gasteiger partial charge in [0.2, 0.25) is 5.91 Å². The third-order valence-corrected chi connectivity index (χ3v) is 2.20. The molecule has 0 aromatic carbocycles. The van der Waals surface area contributed by atoms with Crippen LogP contribution < -0.4 is 5.32 Å². The molecule has 0 aliphatic heterocycles. The molecule has 0 bridgehead atoms. The van der Waals surface area contributed by atoms with Gasteiger partial charge in [0.05, 0.1) is 0 Å². The molecule has 0 rings (SSSR count). The van der Waals surface area contributed by atoms with Gasteiger partial charge in [-0.25, -0.2) is 0 Å². The van der Waals surface area contributed by atoms with Crippen LogP contribution in [0.2, 0.25) is 0 Å². The van der Waals surface area contributed by atoms with Crippen molar-refractivity contribution in [1.82, 2.24) is 5.32 Å². The summed E-state index contributed by atoms with van der Waals surface area (Å²) in [6, 6.07) is 0. The van der Waals surface area contributed by atoms with Crippen molar-refractivity contribution in [2.45, 2.75) is 58.3 Å². The molecule has 1 N–H and O–H groups in total. The topological polar surface area (TPSA) is 46.2 Å². The van der Waals surface area contributed by atoms with E-state index in [9.17, 15) is 9.59 Å². The third-order valence-electron chi connectivity index (χ3n) is 2.20. The summed E-state index contributed by atoms with van der Waals surface area (Å²) < 4.78 is 0. The molecule has 0 heterocycles. The van der Waals surface area contributed by atoms with Crippen molar-refractivity contribution in [3.05, 3.63) is 0 Å². The highest BCUT2D eigenvalue weighted by atomic mass is 16.2. The lowest BCUT2D eigenvalue weighted by Gasteiger charge is -1.99. The monoisotopic (exact) mass is 198 g/mol. The van der Waals surface area contributed by atoms with Gasteiger partial charge in [-0.15, -0.1) is 0 Å². The first-order valence-corrected chi connectivity index (χ1v) is 5.47. The third kappa shape index (κ3) is 9.23. The van der Waals surface area contributed by atoms with Crippen LogP contribution in [0.4, 0.5) is 0 Å². The molecular weight excluding hydrogens is 178 g/mol. The van der Waals surface area contributed by atoms with Crippen LogP contribution in [0, 0.1) is 0 Å². The number of hydrogen-bond acceptors (Lipinski definition) is 2. The van der Waals surface area contributed by atoms with Crippen LogP contribution in [0.3, 0.4) is 0 Å². The Morgan fingerprint density at radius 1 is 1.07 bits per heavy atom. The largest absolute Gasteiger partial charge is 0.316 e. The van der Waals surface area contributed by atoms with E-state index in [2.05, 4.69) is 6.92 Å². The van der Waals surface area contributed by atoms with Gasteiger partial charge in [0, 0.05) is 6.42 Å². The van der Waals surface area contributed by atoms with E-state index in [1.165, 1.54) is 38.5 Å². The molecule has 0 aliphatic rings. The van der Waals surface area contributed by atoms with E-state index in [0.29, 0.717) is 6.42 Å². The predicted molar refractivity (Wildman–Crippen MR) is 56.4 cm³/mol. The van der Waals surface area contributed by atoms with Crippen LogP contribution in [-0.2, 0) is 9.59 Å². The van der Waals surface area contributed by atoms with E-state index < -0.39 is 0 Å². The van der Waals surface area contributed by atoms with Crippen molar-refractivity contribution in [3.63, 3.8) is 0 Å². The summed E-state index contributed by atoms with van der Waals surface area (Å²) in [5.41, 5.74) is 0. The minimum absolute atomic E-state index is 0.214. The Labute approximate surface area is 86.3 Å². The van der Waals surface area contributed by atoms with Crippen LogP contribution in [0.25, 0.3) is 0 Å². The molecular formula is C11H20NO2. The van der Waals surface area contributed by atoms with Crippen LogP contribution in [0.15, 0.2) is 0 Å². The highest BCUT2D eigenvalue weighted by Crippen LogP contribution is 2.07. The summed E-state index contributed by atoms with van der Waals surface area (Å²) in [7, 11) is 0. The average molecular weight is 198 g/mol. The maximum absolute atomic E-state index is 10.8. The number of imide groups is 1. The van der Waals surface area contributed by atoms with Gasteiger partial charge < -0.3 is 0 Å². The van der Waals surface area contributed by atoms with Crippen molar-refractivity contribution in [1.29, 1.82) is 0 Å². The molecule has 0 aromatic rings. The zero-order chi connectivity index (χ0) is 10.6. The van der Waals surface area contributed by atoms with Gasteiger partial charge in [0.15, 0.2) is 0 Å².